The number of halogens is 1. The van der Waals surface area contributed by atoms with Gasteiger partial charge in [-0.3, -0.25) is 0 Å². The Balaban J connectivity index is 2.24. The molecule has 0 fully saturated rings. The first-order chi connectivity index (χ1) is 9.69. The van der Waals surface area contributed by atoms with E-state index in [1.54, 1.807) is 0 Å². The lowest BCUT2D eigenvalue weighted by Gasteiger charge is -2.10. The fourth-order valence-electron chi connectivity index (χ4n) is 2.31. The number of hydrogen-bond donors (Lipinski definition) is 2. The number of fused-ring (bicyclic) bond motifs is 1. The van der Waals surface area contributed by atoms with Gasteiger partial charge in [0.25, 0.3) is 0 Å². The number of nitrogens with zero attached hydrogens (tertiary/aromatic N) is 1. The summed E-state index contributed by atoms with van der Waals surface area (Å²) >= 11 is 3.53. The molecule has 0 saturated heterocycles. The van der Waals surface area contributed by atoms with Crippen molar-refractivity contribution in [2.24, 2.45) is 0 Å². The Hall–Kier alpha value is -2.32. The van der Waals surface area contributed by atoms with Gasteiger partial charge in [0.2, 0.25) is 0 Å². The molecule has 3 aromatic rings. The summed E-state index contributed by atoms with van der Waals surface area (Å²) in [5, 5.41) is 8.94. The Morgan fingerprint density at radius 2 is 1.95 bits per heavy atom. The standard InChI is InChI=1S/C15H10BrN3O/c16-11-3-1-2-9(6-7-17)14(11)10-4-5-12-13(8-10)19-15(20)18-12/h1-5,8H,6H2,(H2,18,19,20). The lowest BCUT2D eigenvalue weighted by atomic mass is 9.98. The van der Waals surface area contributed by atoms with Gasteiger partial charge >= 0.3 is 5.69 Å². The number of imidazole rings is 1. The first-order valence-corrected chi connectivity index (χ1v) is 6.85. The molecule has 5 heteroatoms. The molecule has 0 aliphatic carbocycles. The van der Waals surface area contributed by atoms with Crippen LogP contribution in [0.15, 0.2) is 45.7 Å². The molecule has 98 valence electrons. The molecule has 4 nitrogen and oxygen atoms in total. The van der Waals surface area contributed by atoms with Gasteiger partial charge in [0.1, 0.15) is 0 Å². The van der Waals surface area contributed by atoms with Crippen molar-refractivity contribution in [2.75, 3.05) is 0 Å². The second kappa shape index (κ2) is 4.99. The molecular formula is C15H10BrN3O. The summed E-state index contributed by atoms with van der Waals surface area (Å²) < 4.78 is 0.933. The van der Waals surface area contributed by atoms with Crippen molar-refractivity contribution in [3.63, 3.8) is 0 Å². The molecule has 2 N–H and O–H groups in total. The van der Waals surface area contributed by atoms with Gasteiger partial charge in [0, 0.05) is 10.0 Å². The van der Waals surface area contributed by atoms with E-state index in [4.69, 9.17) is 5.26 Å². The molecule has 0 aliphatic rings. The molecule has 1 aromatic heterocycles. The molecule has 0 aliphatic heterocycles. The maximum atomic E-state index is 11.3. The molecular weight excluding hydrogens is 318 g/mol. The average molecular weight is 328 g/mol. The van der Waals surface area contributed by atoms with E-state index in [2.05, 4.69) is 32.0 Å². The van der Waals surface area contributed by atoms with Gasteiger partial charge in [-0.15, -0.1) is 0 Å². The zero-order valence-corrected chi connectivity index (χ0v) is 12.0. The molecule has 1 heterocycles. The molecule has 0 amide bonds. The molecule has 0 unspecified atom stereocenters. The highest BCUT2D eigenvalue weighted by Gasteiger charge is 2.10. The number of nitrogens with one attached hydrogen (secondary N) is 2. The van der Waals surface area contributed by atoms with Crippen LogP contribution < -0.4 is 5.69 Å². The maximum Gasteiger partial charge on any atom is 0.323 e. The van der Waals surface area contributed by atoms with Crippen LogP contribution in [-0.2, 0) is 6.42 Å². The second-order valence-electron chi connectivity index (χ2n) is 4.45. The monoisotopic (exact) mass is 327 g/mol. The highest BCUT2D eigenvalue weighted by Crippen LogP contribution is 2.33. The van der Waals surface area contributed by atoms with Crippen LogP contribution in [0.2, 0.25) is 0 Å². The summed E-state index contributed by atoms with van der Waals surface area (Å²) in [6.45, 7) is 0. The van der Waals surface area contributed by atoms with Crippen LogP contribution in [0.1, 0.15) is 5.56 Å². The van der Waals surface area contributed by atoms with Crippen molar-refractivity contribution in [2.45, 2.75) is 6.42 Å². The van der Waals surface area contributed by atoms with Gasteiger partial charge < -0.3 is 9.97 Å². The minimum Gasteiger partial charge on any atom is -0.306 e. The van der Waals surface area contributed by atoms with Crippen LogP contribution in [-0.4, -0.2) is 9.97 Å². The molecule has 20 heavy (non-hydrogen) atoms. The van der Waals surface area contributed by atoms with E-state index < -0.39 is 0 Å². The van der Waals surface area contributed by atoms with Crippen LogP contribution in [0.4, 0.5) is 0 Å². The van der Waals surface area contributed by atoms with E-state index in [0.717, 1.165) is 32.2 Å². The summed E-state index contributed by atoms with van der Waals surface area (Å²) in [4.78, 5) is 16.8. The Kier molecular flexibility index (Phi) is 3.17. The molecule has 0 spiro atoms. The van der Waals surface area contributed by atoms with Gasteiger partial charge in [0.15, 0.2) is 0 Å². The number of aromatic amines is 2. The Labute approximate surface area is 123 Å². The van der Waals surface area contributed by atoms with Gasteiger partial charge in [-0.2, -0.15) is 5.26 Å². The van der Waals surface area contributed by atoms with Gasteiger partial charge in [-0.05, 0) is 29.3 Å². The van der Waals surface area contributed by atoms with E-state index in [-0.39, 0.29) is 5.69 Å². The SMILES string of the molecule is N#CCc1cccc(Br)c1-c1ccc2[nH]c(=O)[nH]c2c1. The minimum absolute atomic E-state index is 0.221. The normalized spacial score (nSPS) is 10.6. The quantitative estimate of drug-likeness (QED) is 0.757. The van der Waals surface area contributed by atoms with Gasteiger partial charge in [-0.1, -0.05) is 34.1 Å². The topological polar surface area (TPSA) is 72.4 Å². The molecule has 0 radical (unpaired) electrons. The number of hydrogen-bond acceptors (Lipinski definition) is 2. The van der Waals surface area contributed by atoms with Crippen LogP contribution in [0, 0.1) is 11.3 Å². The molecule has 0 bridgehead atoms. The van der Waals surface area contributed by atoms with Crippen molar-refractivity contribution in [1.82, 2.24) is 9.97 Å². The van der Waals surface area contributed by atoms with Crippen LogP contribution >= 0.6 is 15.9 Å². The molecule has 3 rings (SSSR count). The summed E-state index contributed by atoms with van der Waals surface area (Å²) in [7, 11) is 0. The largest absolute Gasteiger partial charge is 0.323 e. The Bertz CT molecular complexity index is 886. The third kappa shape index (κ3) is 2.15. The number of benzene rings is 2. The lowest BCUT2D eigenvalue weighted by Crippen LogP contribution is -1.99. The van der Waals surface area contributed by atoms with Crippen LogP contribution in [0.5, 0.6) is 0 Å². The van der Waals surface area contributed by atoms with Gasteiger partial charge in [0.05, 0.1) is 23.5 Å². The van der Waals surface area contributed by atoms with E-state index in [9.17, 15) is 4.79 Å². The van der Waals surface area contributed by atoms with E-state index in [1.165, 1.54) is 0 Å². The minimum atomic E-state index is -0.221. The molecule has 0 atom stereocenters. The summed E-state index contributed by atoms with van der Waals surface area (Å²) in [5.41, 5.74) is 4.21. The van der Waals surface area contributed by atoms with Crippen molar-refractivity contribution >= 4 is 27.0 Å². The van der Waals surface area contributed by atoms with Crippen LogP contribution in [0.25, 0.3) is 22.2 Å². The maximum absolute atomic E-state index is 11.3. The highest BCUT2D eigenvalue weighted by atomic mass is 79.9. The fraction of sp³-hybridized carbons (Fsp3) is 0.0667. The lowest BCUT2D eigenvalue weighted by molar-refractivity contribution is 1.21. The van der Waals surface area contributed by atoms with Crippen molar-refractivity contribution in [3.05, 3.63) is 56.9 Å². The molecule has 2 aromatic carbocycles. The summed E-state index contributed by atoms with van der Waals surface area (Å²) in [5.74, 6) is 0. The predicted molar refractivity (Wildman–Crippen MR) is 81.4 cm³/mol. The average Bonchev–Trinajstić information content (AvgIpc) is 2.78. The molecule has 0 saturated carbocycles. The first-order valence-electron chi connectivity index (χ1n) is 6.06. The van der Waals surface area contributed by atoms with E-state index >= 15 is 0 Å². The van der Waals surface area contributed by atoms with Crippen LogP contribution in [0.3, 0.4) is 0 Å². The predicted octanol–water partition coefficient (Wildman–Crippen LogP) is 3.35. The number of aromatic nitrogens is 2. The van der Waals surface area contributed by atoms with Gasteiger partial charge in [-0.25, -0.2) is 4.79 Å². The number of nitriles is 1. The van der Waals surface area contributed by atoms with E-state index in [1.807, 2.05) is 36.4 Å². The third-order valence-electron chi connectivity index (χ3n) is 3.17. The fourth-order valence-corrected chi connectivity index (χ4v) is 2.95. The Morgan fingerprint density at radius 1 is 1.15 bits per heavy atom. The number of H-pyrrole nitrogens is 2. The van der Waals surface area contributed by atoms with Crippen molar-refractivity contribution in [1.29, 1.82) is 5.26 Å². The summed E-state index contributed by atoms with van der Waals surface area (Å²) in [6, 6.07) is 13.7. The number of rotatable bonds is 2. The Morgan fingerprint density at radius 3 is 2.75 bits per heavy atom. The smallest absolute Gasteiger partial charge is 0.306 e. The zero-order chi connectivity index (χ0) is 14.1. The zero-order valence-electron chi connectivity index (χ0n) is 10.4. The third-order valence-corrected chi connectivity index (χ3v) is 3.83. The first kappa shape index (κ1) is 12.7. The van der Waals surface area contributed by atoms with E-state index in [0.29, 0.717) is 6.42 Å². The summed E-state index contributed by atoms with van der Waals surface area (Å²) in [6.07, 6.45) is 0.344. The van der Waals surface area contributed by atoms with Crippen molar-refractivity contribution < 1.29 is 0 Å². The second-order valence-corrected chi connectivity index (χ2v) is 5.30. The highest BCUT2D eigenvalue weighted by molar-refractivity contribution is 9.10. The van der Waals surface area contributed by atoms with Crippen molar-refractivity contribution in [3.8, 4) is 17.2 Å².